The van der Waals surface area contributed by atoms with Crippen molar-refractivity contribution in [1.29, 1.82) is 0 Å². The zero-order valence-electron chi connectivity index (χ0n) is 10.3. The van der Waals surface area contributed by atoms with Gasteiger partial charge in [0.05, 0.1) is 0 Å². The fourth-order valence-corrected chi connectivity index (χ4v) is 2.01. The van der Waals surface area contributed by atoms with Crippen LogP contribution in [0.4, 0.5) is 5.82 Å². The minimum atomic E-state index is 0. The number of nitrogens with one attached hydrogen (secondary N) is 1. The van der Waals surface area contributed by atoms with Crippen molar-refractivity contribution >= 4 is 54.1 Å². The molecule has 0 atom stereocenters. The molecule has 19 heavy (non-hydrogen) atoms. The van der Waals surface area contributed by atoms with E-state index in [1.807, 2.05) is 12.1 Å². The van der Waals surface area contributed by atoms with E-state index in [2.05, 4.69) is 32.3 Å². The smallest absolute Gasteiger partial charge is 0.161 e. The summed E-state index contributed by atoms with van der Waals surface area (Å²) in [5.41, 5.74) is 0.832. The van der Waals surface area contributed by atoms with E-state index in [-0.39, 0.29) is 37.2 Å². The molecule has 7 heteroatoms. The quantitative estimate of drug-likeness (QED) is 0.874. The lowest BCUT2D eigenvalue weighted by Gasteiger charge is -2.28. The van der Waals surface area contributed by atoms with Gasteiger partial charge in [-0.2, -0.15) is 0 Å². The highest BCUT2D eigenvalue weighted by Crippen LogP contribution is 2.16. The van der Waals surface area contributed by atoms with Gasteiger partial charge in [0, 0.05) is 37.8 Å². The topological polar surface area (TPSA) is 41.1 Å². The summed E-state index contributed by atoms with van der Waals surface area (Å²) in [6.45, 7) is 4.10. The molecule has 1 fully saturated rings. The Morgan fingerprint density at radius 1 is 1.00 bits per heavy atom. The molecule has 0 aromatic carbocycles. The Kier molecular flexibility index (Phi) is 8.02. The predicted octanol–water partition coefficient (Wildman–Crippen LogP) is 2.30. The third-order valence-electron chi connectivity index (χ3n) is 2.89. The zero-order valence-corrected chi connectivity index (χ0v) is 12.7. The first kappa shape index (κ1) is 18.2. The first-order valence-electron chi connectivity index (χ1n) is 5.61. The van der Waals surface area contributed by atoms with E-state index in [1.165, 1.54) is 0 Å². The van der Waals surface area contributed by atoms with Gasteiger partial charge in [0.15, 0.2) is 5.65 Å². The molecular weight excluding hydrogens is 307 g/mol. The van der Waals surface area contributed by atoms with E-state index in [0.29, 0.717) is 0 Å². The van der Waals surface area contributed by atoms with E-state index < -0.39 is 0 Å². The molecule has 0 radical (unpaired) electrons. The number of pyridine rings is 2. The van der Waals surface area contributed by atoms with Crippen molar-refractivity contribution in [3.05, 3.63) is 30.5 Å². The molecule has 2 aromatic rings. The second-order valence-electron chi connectivity index (χ2n) is 3.96. The van der Waals surface area contributed by atoms with Crippen LogP contribution in [-0.2, 0) is 0 Å². The molecule has 1 aliphatic rings. The first-order chi connectivity index (χ1) is 7.93. The molecule has 0 bridgehead atoms. The van der Waals surface area contributed by atoms with Crippen LogP contribution in [0.3, 0.4) is 0 Å². The molecule has 0 amide bonds. The van der Waals surface area contributed by atoms with Crippen LogP contribution in [-0.4, -0.2) is 36.1 Å². The van der Waals surface area contributed by atoms with E-state index in [9.17, 15) is 0 Å². The average molecular weight is 324 g/mol. The fraction of sp³-hybridized carbons (Fsp3) is 0.333. The van der Waals surface area contributed by atoms with Crippen molar-refractivity contribution in [2.24, 2.45) is 0 Å². The summed E-state index contributed by atoms with van der Waals surface area (Å²) in [6.07, 6.45) is 1.79. The van der Waals surface area contributed by atoms with Crippen LogP contribution in [0.25, 0.3) is 11.0 Å². The molecule has 3 heterocycles. The molecule has 0 saturated carbocycles. The van der Waals surface area contributed by atoms with Gasteiger partial charge in [-0.1, -0.05) is 0 Å². The summed E-state index contributed by atoms with van der Waals surface area (Å²) < 4.78 is 0. The molecule has 106 valence electrons. The van der Waals surface area contributed by atoms with Gasteiger partial charge in [0.25, 0.3) is 0 Å². The molecule has 1 N–H and O–H groups in total. The number of nitrogens with zero attached hydrogens (tertiary/aromatic N) is 3. The number of hydrogen-bond donors (Lipinski definition) is 1. The van der Waals surface area contributed by atoms with Crippen LogP contribution in [0.2, 0.25) is 0 Å². The number of aromatic nitrogens is 2. The van der Waals surface area contributed by atoms with Crippen molar-refractivity contribution < 1.29 is 0 Å². The van der Waals surface area contributed by atoms with Gasteiger partial charge in [0.1, 0.15) is 5.82 Å². The minimum Gasteiger partial charge on any atom is -0.354 e. The van der Waals surface area contributed by atoms with E-state index in [4.69, 9.17) is 0 Å². The normalized spacial score (nSPS) is 14.0. The summed E-state index contributed by atoms with van der Waals surface area (Å²) in [6, 6.07) is 8.15. The van der Waals surface area contributed by atoms with Gasteiger partial charge in [-0.25, -0.2) is 9.97 Å². The minimum absolute atomic E-state index is 0. The summed E-state index contributed by atoms with van der Waals surface area (Å²) in [7, 11) is 0. The number of rotatable bonds is 1. The summed E-state index contributed by atoms with van der Waals surface area (Å²) in [5, 5.41) is 4.44. The molecule has 0 unspecified atom stereocenters. The number of fused-ring (bicyclic) bond motifs is 1. The lowest BCUT2D eigenvalue weighted by Crippen LogP contribution is -2.43. The van der Waals surface area contributed by atoms with E-state index in [1.54, 1.807) is 6.20 Å². The van der Waals surface area contributed by atoms with Crippen LogP contribution >= 0.6 is 37.2 Å². The molecule has 3 rings (SSSR count). The SMILES string of the molecule is Cl.Cl.Cl.c1cnc2nc(N3CCNCC3)ccc2c1. The van der Waals surface area contributed by atoms with Crippen LogP contribution < -0.4 is 10.2 Å². The number of hydrogen-bond acceptors (Lipinski definition) is 4. The van der Waals surface area contributed by atoms with Crippen molar-refractivity contribution in [2.75, 3.05) is 31.1 Å². The fourth-order valence-electron chi connectivity index (χ4n) is 2.01. The van der Waals surface area contributed by atoms with Crippen LogP contribution in [0, 0.1) is 0 Å². The first-order valence-corrected chi connectivity index (χ1v) is 5.61. The van der Waals surface area contributed by atoms with Gasteiger partial charge < -0.3 is 10.2 Å². The zero-order chi connectivity index (χ0) is 10.8. The van der Waals surface area contributed by atoms with Gasteiger partial charge in [-0.15, -0.1) is 37.2 Å². The molecule has 1 aliphatic heterocycles. The average Bonchev–Trinajstić information content (AvgIpc) is 2.39. The maximum atomic E-state index is 4.59. The van der Waals surface area contributed by atoms with Crippen LogP contribution in [0.5, 0.6) is 0 Å². The highest BCUT2D eigenvalue weighted by atomic mass is 35.5. The molecule has 4 nitrogen and oxygen atoms in total. The second-order valence-corrected chi connectivity index (χ2v) is 3.96. The van der Waals surface area contributed by atoms with Gasteiger partial charge in [-0.05, 0) is 24.3 Å². The lowest BCUT2D eigenvalue weighted by molar-refractivity contribution is 0.585. The van der Waals surface area contributed by atoms with Crippen molar-refractivity contribution in [1.82, 2.24) is 15.3 Å². The Bertz CT molecular complexity index is 503. The number of halogens is 3. The Morgan fingerprint density at radius 2 is 1.74 bits per heavy atom. The predicted molar refractivity (Wildman–Crippen MR) is 86.4 cm³/mol. The Morgan fingerprint density at radius 3 is 2.47 bits per heavy atom. The van der Waals surface area contributed by atoms with E-state index in [0.717, 1.165) is 43.0 Å². The molecule has 2 aromatic heterocycles. The molecule has 1 saturated heterocycles. The highest BCUT2D eigenvalue weighted by molar-refractivity contribution is 5.86. The lowest BCUT2D eigenvalue weighted by atomic mass is 10.2. The largest absolute Gasteiger partial charge is 0.354 e. The standard InChI is InChI=1S/C12H14N4.3ClH/c1-2-10-3-4-11(15-12(10)14-5-1)16-8-6-13-7-9-16;;;/h1-5,13H,6-9H2;3*1H. The third-order valence-corrected chi connectivity index (χ3v) is 2.89. The van der Waals surface area contributed by atoms with Crippen molar-refractivity contribution in [3.63, 3.8) is 0 Å². The van der Waals surface area contributed by atoms with Crippen LogP contribution in [0.15, 0.2) is 30.5 Å². The summed E-state index contributed by atoms with van der Waals surface area (Å²) in [4.78, 5) is 11.2. The molecule has 0 spiro atoms. The van der Waals surface area contributed by atoms with Gasteiger partial charge >= 0.3 is 0 Å². The second kappa shape index (κ2) is 8.38. The number of anilines is 1. The third kappa shape index (κ3) is 4.08. The van der Waals surface area contributed by atoms with Crippen molar-refractivity contribution in [3.8, 4) is 0 Å². The van der Waals surface area contributed by atoms with Crippen LogP contribution in [0.1, 0.15) is 0 Å². The molecule has 0 aliphatic carbocycles. The maximum absolute atomic E-state index is 4.59. The Hall–Kier alpha value is -0.810. The van der Waals surface area contributed by atoms with E-state index >= 15 is 0 Å². The molecular formula is C12H17Cl3N4. The van der Waals surface area contributed by atoms with Gasteiger partial charge in [0.2, 0.25) is 0 Å². The van der Waals surface area contributed by atoms with Crippen molar-refractivity contribution in [2.45, 2.75) is 0 Å². The maximum Gasteiger partial charge on any atom is 0.161 e. The Labute approximate surface area is 131 Å². The van der Waals surface area contributed by atoms with Gasteiger partial charge in [-0.3, -0.25) is 0 Å². The highest BCUT2D eigenvalue weighted by Gasteiger charge is 2.11. The Balaban J connectivity index is 0.00000108. The summed E-state index contributed by atoms with van der Waals surface area (Å²) in [5.74, 6) is 1.03. The monoisotopic (exact) mass is 322 g/mol. The summed E-state index contributed by atoms with van der Waals surface area (Å²) >= 11 is 0. The number of piperazine rings is 1.